The summed E-state index contributed by atoms with van der Waals surface area (Å²) in [6.07, 6.45) is 5.64. The van der Waals surface area contributed by atoms with Gasteiger partial charge in [0.05, 0.1) is 0 Å². The Bertz CT molecular complexity index is 390. The van der Waals surface area contributed by atoms with Gasteiger partial charge in [-0.05, 0) is 55.7 Å². The van der Waals surface area contributed by atoms with Crippen LogP contribution in [-0.4, -0.2) is 12.6 Å². The van der Waals surface area contributed by atoms with E-state index in [1.807, 2.05) is 12.1 Å². The summed E-state index contributed by atoms with van der Waals surface area (Å²) < 4.78 is 13.7. The van der Waals surface area contributed by atoms with Crippen LogP contribution in [0, 0.1) is 11.2 Å². The maximum atomic E-state index is 13.7. The van der Waals surface area contributed by atoms with Crippen LogP contribution >= 0.6 is 0 Å². The molecule has 1 aromatic carbocycles. The number of hydrogen-bond acceptors (Lipinski definition) is 1. The van der Waals surface area contributed by atoms with Crippen LogP contribution in [0.25, 0.3) is 0 Å². The summed E-state index contributed by atoms with van der Waals surface area (Å²) in [4.78, 5) is 0. The minimum Gasteiger partial charge on any atom is -0.314 e. The highest BCUT2D eigenvalue weighted by Gasteiger charge is 2.35. The Morgan fingerprint density at radius 2 is 2.17 bits per heavy atom. The molecule has 1 aliphatic rings. The van der Waals surface area contributed by atoms with Gasteiger partial charge < -0.3 is 5.32 Å². The maximum Gasteiger partial charge on any atom is 0.126 e. The van der Waals surface area contributed by atoms with Gasteiger partial charge in [0, 0.05) is 6.04 Å². The average Bonchev–Trinajstić information content (AvgIpc) is 2.72. The third-order valence-corrected chi connectivity index (χ3v) is 4.09. The van der Waals surface area contributed by atoms with Gasteiger partial charge >= 0.3 is 0 Å². The Labute approximate surface area is 110 Å². The number of rotatable bonds is 5. The highest BCUT2D eigenvalue weighted by molar-refractivity contribution is 5.19. The van der Waals surface area contributed by atoms with Gasteiger partial charge in [-0.3, -0.25) is 0 Å². The third-order valence-electron chi connectivity index (χ3n) is 4.09. The standard InChI is InChI=1S/C16H24FN/c1-3-10-18-14-8-9-16(2,12-14)11-13-6-4-5-7-15(13)17/h4-7,14,18H,3,8-12H2,1-2H3. The second-order valence-electron chi connectivity index (χ2n) is 5.97. The van der Waals surface area contributed by atoms with E-state index in [4.69, 9.17) is 0 Å². The Hall–Kier alpha value is -0.890. The zero-order valence-electron chi connectivity index (χ0n) is 11.5. The van der Waals surface area contributed by atoms with Crippen LogP contribution in [-0.2, 0) is 6.42 Å². The predicted molar refractivity (Wildman–Crippen MR) is 74.1 cm³/mol. The monoisotopic (exact) mass is 249 g/mol. The molecule has 2 unspecified atom stereocenters. The van der Waals surface area contributed by atoms with Crippen molar-refractivity contribution in [2.24, 2.45) is 5.41 Å². The molecule has 0 saturated heterocycles. The quantitative estimate of drug-likeness (QED) is 0.834. The first-order chi connectivity index (χ1) is 8.63. The molecule has 0 spiro atoms. The molecule has 0 aromatic heterocycles. The smallest absolute Gasteiger partial charge is 0.126 e. The molecule has 0 radical (unpaired) electrons. The second kappa shape index (κ2) is 5.83. The molecule has 0 amide bonds. The summed E-state index contributed by atoms with van der Waals surface area (Å²) in [5.41, 5.74) is 1.13. The van der Waals surface area contributed by atoms with Crippen LogP contribution in [0.2, 0.25) is 0 Å². The second-order valence-corrected chi connectivity index (χ2v) is 5.97. The molecule has 2 atom stereocenters. The summed E-state index contributed by atoms with van der Waals surface area (Å²) in [6.45, 7) is 5.59. The molecular formula is C16H24FN. The van der Waals surface area contributed by atoms with Gasteiger partial charge in [0.25, 0.3) is 0 Å². The fraction of sp³-hybridized carbons (Fsp3) is 0.625. The van der Waals surface area contributed by atoms with Crippen molar-refractivity contribution in [1.29, 1.82) is 0 Å². The van der Waals surface area contributed by atoms with Crippen molar-refractivity contribution in [2.45, 2.75) is 52.0 Å². The van der Waals surface area contributed by atoms with E-state index in [1.54, 1.807) is 12.1 Å². The molecule has 1 aliphatic carbocycles. The van der Waals surface area contributed by atoms with Crippen LogP contribution in [0.15, 0.2) is 24.3 Å². The maximum absolute atomic E-state index is 13.7. The fourth-order valence-corrected chi connectivity index (χ4v) is 3.11. The van der Waals surface area contributed by atoms with Gasteiger partial charge in [-0.15, -0.1) is 0 Å². The van der Waals surface area contributed by atoms with E-state index in [-0.39, 0.29) is 11.2 Å². The van der Waals surface area contributed by atoms with Crippen molar-refractivity contribution in [2.75, 3.05) is 6.54 Å². The summed E-state index contributed by atoms with van der Waals surface area (Å²) in [5, 5.41) is 3.59. The van der Waals surface area contributed by atoms with Crippen molar-refractivity contribution in [1.82, 2.24) is 5.32 Å². The van der Waals surface area contributed by atoms with Gasteiger partial charge in [-0.2, -0.15) is 0 Å². The third kappa shape index (κ3) is 3.32. The highest BCUT2D eigenvalue weighted by Crippen LogP contribution is 2.40. The zero-order valence-corrected chi connectivity index (χ0v) is 11.5. The molecular weight excluding hydrogens is 225 g/mol. The predicted octanol–water partition coefficient (Wildman–Crippen LogP) is 3.93. The molecule has 0 heterocycles. The average molecular weight is 249 g/mol. The van der Waals surface area contributed by atoms with Crippen molar-refractivity contribution >= 4 is 0 Å². The first-order valence-corrected chi connectivity index (χ1v) is 7.10. The minimum atomic E-state index is -0.0521. The summed E-state index contributed by atoms with van der Waals surface area (Å²) in [6, 6.07) is 7.82. The van der Waals surface area contributed by atoms with Crippen molar-refractivity contribution in [3.05, 3.63) is 35.6 Å². The molecule has 0 bridgehead atoms. The summed E-state index contributed by atoms with van der Waals surface area (Å²) >= 11 is 0. The van der Waals surface area contributed by atoms with E-state index in [1.165, 1.54) is 25.7 Å². The van der Waals surface area contributed by atoms with Crippen LogP contribution in [0.1, 0.15) is 45.1 Å². The molecule has 1 nitrogen and oxygen atoms in total. The highest BCUT2D eigenvalue weighted by atomic mass is 19.1. The lowest BCUT2D eigenvalue weighted by molar-refractivity contribution is 0.317. The van der Waals surface area contributed by atoms with Crippen molar-refractivity contribution < 1.29 is 4.39 Å². The van der Waals surface area contributed by atoms with E-state index >= 15 is 0 Å². The van der Waals surface area contributed by atoms with Crippen LogP contribution in [0.4, 0.5) is 4.39 Å². The van der Waals surface area contributed by atoms with Gasteiger partial charge in [0.1, 0.15) is 5.82 Å². The lowest BCUT2D eigenvalue weighted by atomic mass is 9.82. The molecule has 2 heteroatoms. The summed E-state index contributed by atoms with van der Waals surface area (Å²) in [5.74, 6) is -0.0521. The van der Waals surface area contributed by atoms with Gasteiger partial charge in [0.15, 0.2) is 0 Å². The number of nitrogens with one attached hydrogen (secondary N) is 1. The lowest BCUT2D eigenvalue weighted by Crippen LogP contribution is -2.29. The molecule has 1 fully saturated rings. The molecule has 18 heavy (non-hydrogen) atoms. The first-order valence-electron chi connectivity index (χ1n) is 7.10. The number of hydrogen-bond donors (Lipinski definition) is 1. The van der Waals surface area contributed by atoms with E-state index in [0.29, 0.717) is 6.04 Å². The zero-order chi connectivity index (χ0) is 13.0. The fourth-order valence-electron chi connectivity index (χ4n) is 3.11. The van der Waals surface area contributed by atoms with Crippen molar-refractivity contribution in [3.63, 3.8) is 0 Å². The number of benzene rings is 1. The molecule has 1 aromatic rings. The SMILES string of the molecule is CCCNC1CCC(C)(Cc2ccccc2F)C1. The van der Waals surface area contributed by atoms with Gasteiger partial charge in [-0.1, -0.05) is 32.0 Å². The van der Waals surface area contributed by atoms with E-state index < -0.39 is 0 Å². The Morgan fingerprint density at radius 1 is 1.39 bits per heavy atom. The number of halogens is 1. The molecule has 1 N–H and O–H groups in total. The molecule has 100 valence electrons. The van der Waals surface area contributed by atoms with Crippen LogP contribution < -0.4 is 5.32 Å². The lowest BCUT2D eigenvalue weighted by Gasteiger charge is -2.24. The van der Waals surface area contributed by atoms with E-state index in [2.05, 4.69) is 19.2 Å². The first kappa shape index (κ1) is 13.5. The van der Waals surface area contributed by atoms with Crippen LogP contribution in [0.5, 0.6) is 0 Å². The van der Waals surface area contributed by atoms with Crippen molar-refractivity contribution in [3.8, 4) is 0 Å². The topological polar surface area (TPSA) is 12.0 Å². The van der Waals surface area contributed by atoms with Gasteiger partial charge in [0.2, 0.25) is 0 Å². The van der Waals surface area contributed by atoms with Crippen LogP contribution in [0.3, 0.4) is 0 Å². The Balaban J connectivity index is 1.95. The largest absolute Gasteiger partial charge is 0.314 e. The Kier molecular flexibility index (Phi) is 4.39. The molecule has 0 aliphatic heterocycles. The molecule has 2 rings (SSSR count). The van der Waals surface area contributed by atoms with E-state index in [9.17, 15) is 4.39 Å². The molecule has 1 saturated carbocycles. The minimum absolute atomic E-state index is 0.0521. The van der Waals surface area contributed by atoms with Gasteiger partial charge in [-0.25, -0.2) is 4.39 Å². The Morgan fingerprint density at radius 3 is 2.89 bits per heavy atom. The normalized spacial score (nSPS) is 27.6. The van der Waals surface area contributed by atoms with E-state index in [0.717, 1.165) is 18.5 Å². The summed E-state index contributed by atoms with van der Waals surface area (Å²) in [7, 11) is 0.